The molecule has 0 N–H and O–H groups in total. The second-order valence-corrected chi connectivity index (χ2v) is 2.76. The van der Waals surface area contributed by atoms with Gasteiger partial charge in [0, 0.05) is 6.61 Å². The summed E-state index contributed by atoms with van der Waals surface area (Å²) in [5.41, 5.74) is 0. The van der Waals surface area contributed by atoms with Crippen LogP contribution >= 0.6 is 0 Å². The molecule has 0 saturated carbocycles. The molecule has 1 rings (SSSR count). The van der Waals surface area contributed by atoms with E-state index in [0.717, 1.165) is 13.0 Å². The van der Waals surface area contributed by atoms with Crippen molar-refractivity contribution < 1.29 is 9.47 Å². The van der Waals surface area contributed by atoms with Crippen LogP contribution in [0.3, 0.4) is 0 Å². The molecule has 1 saturated heterocycles. The van der Waals surface area contributed by atoms with Crippen LogP contribution in [-0.4, -0.2) is 19.0 Å². The minimum absolute atomic E-state index is 0.0775. The van der Waals surface area contributed by atoms with E-state index in [1.54, 1.807) is 0 Å². The lowest BCUT2D eigenvalue weighted by Crippen LogP contribution is -2.27. The van der Waals surface area contributed by atoms with Crippen molar-refractivity contribution in [2.24, 2.45) is 0 Å². The number of hydrogen-bond donors (Lipinski definition) is 0. The molecule has 1 aliphatic heterocycles. The summed E-state index contributed by atoms with van der Waals surface area (Å²) in [7, 11) is 0. The second-order valence-electron chi connectivity index (χ2n) is 2.76. The molecule has 1 heterocycles. The molecular weight excluding hydrogens is 128 g/mol. The van der Waals surface area contributed by atoms with Crippen LogP contribution in [0.4, 0.5) is 0 Å². The van der Waals surface area contributed by atoms with E-state index in [2.05, 4.69) is 6.92 Å². The van der Waals surface area contributed by atoms with E-state index in [-0.39, 0.29) is 6.29 Å². The van der Waals surface area contributed by atoms with Gasteiger partial charge in [-0.2, -0.15) is 0 Å². The molecule has 2 nitrogen and oxygen atoms in total. The third kappa shape index (κ3) is 2.27. The molecule has 0 aromatic rings. The summed E-state index contributed by atoms with van der Waals surface area (Å²) in [5.74, 6) is 0. The molecule has 1 fully saturated rings. The first-order chi connectivity index (χ1) is 4.83. The number of ether oxygens (including phenoxy) is 2. The molecule has 0 bridgehead atoms. The van der Waals surface area contributed by atoms with Gasteiger partial charge in [0.1, 0.15) is 0 Å². The second kappa shape index (κ2) is 3.94. The Labute approximate surface area is 62.5 Å². The fourth-order valence-electron chi connectivity index (χ4n) is 1.28. The van der Waals surface area contributed by atoms with E-state index >= 15 is 0 Å². The van der Waals surface area contributed by atoms with Crippen LogP contribution in [0.25, 0.3) is 0 Å². The van der Waals surface area contributed by atoms with E-state index in [0.29, 0.717) is 6.10 Å². The van der Waals surface area contributed by atoms with E-state index in [1.165, 1.54) is 12.8 Å². The Morgan fingerprint density at radius 3 is 2.90 bits per heavy atom. The van der Waals surface area contributed by atoms with Gasteiger partial charge in [-0.15, -0.1) is 0 Å². The molecule has 0 aliphatic carbocycles. The first-order valence-electron chi connectivity index (χ1n) is 4.10. The summed E-state index contributed by atoms with van der Waals surface area (Å²) in [6.45, 7) is 4.87. The van der Waals surface area contributed by atoms with Gasteiger partial charge in [0.05, 0.1) is 6.10 Å². The highest BCUT2D eigenvalue weighted by Crippen LogP contribution is 2.18. The summed E-state index contributed by atoms with van der Waals surface area (Å²) in [5, 5.41) is 0. The highest BCUT2D eigenvalue weighted by atomic mass is 16.7. The first-order valence-corrected chi connectivity index (χ1v) is 4.10. The first kappa shape index (κ1) is 8.02. The van der Waals surface area contributed by atoms with Crippen LogP contribution in [0, 0.1) is 0 Å². The lowest BCUT2D eigenvalue weighted by molar-refractivity contribution is -0.186. The minimum atomic E-state index is 0.0775. The predicted octanol–water partition coefficient (Wildman–Crippen LogP) is 1.94. The largest absolute Gasteiger partial charge is 0.353 e. The summed E-state index contributed by atoms with van der Waals surface area (Å²) < 4.78 is 10.8. The Hall–Kier alpha value is -0.0800. The molecule has 0 aromatic carbocycles. The smallest absolute Gasteiger partial charge is 0.157 e. The molecule has 0 spiro atoms. The van der Waals surface area contributed by atoms with Gasteiger partial charge in [-0.1, -0.05) is 0 Å². The fraction of sp³-hybridized carbons (Fsp3) is 1.00. The molecule has 1 aliphatic rings. The summed E-state index contributed by atoms with van der Waals surface area (Å²) in [6.07, 6.45) is 3.96. The van der Waals surface area contributed by atoms with Crippen molar-refractivity contribution in [1.29, 1.82) is 0 Å². The summed E-state index contributed by atoms with van der Waals surface area (Å²) in [4.78, 5) is 0. The van der Waals surface area contributed by atoms with Crippen LogP contribution in [0.5, 0.6) is 0 Å². The topological polar surface area (TPSA) is 18.5 Å². The zero-order valence-electron chi connectivity index (χ0n) is 6.80. The highest BCUT2D eigenvalue weighted by molar-refractivity contribution is 4.60. The normalized spacial score (nSPS) is 34.2. The SMILES string of the molecule is CCO[C@@H]1CCC[C@H](C)O1. The maximum absolute atomic E-state index is 5.50. The Kier molecular flexibility index (Phi) is 3.16. The summed E-state index contributed by atoms with van der Waals surface area (Å²) >= 11 is 0. The van der Waals surface area contributed by atoms with Gasteiger partial charge in [-0.25, -0.2) is 0 Å². The van der Waals surface area contributed by atoms with Crippen molar-refractivity contribution in [1.82, 2.24) is 0 Å². The third-order valence-electron chi connectivity index (χ3n) is 1.79. The molecule has 0 aromatic heterocycles. The standard InChI is InChI=1S/C8H16O2/c1-3-9-8-6-4-5-7(2)10-8/h7-8H,3-6H2,1-2H3/t7-,8-/m0/s1. The highest BCUT2D eigenvalue weighted by Gasteiger charge is 2.18. The molecule has 0 unspecified atom stereocenters. The Morgan fingerprint density at radius 1 is 1.50 bits per heavy atom. The molecule has 2 heteroatoms. The molecule has 10 heavy (non-hydrogen) atoms. The molecule has 2 atom stereocenters. The molecular formula is C8H16O2. The van der Waals surface area contributed by atoms with E-state index in [9.17, 15) is 0 Å². The average Bonchev–Trinajstić information content (AvgIpc) is 1.88. The lowest BCUT2D eigenvalue weighted by Gasteiger charge is -2.27. The van der Waals surface area contributed by atoms with Gasteiger partial charge < -0.3 is 9.47 Å². The van der Waals surface area contributed by atoms with Crippen LogP contribution in [-0.2, 0) is 9.47 Å². The molecule has 0 radical (unpaired) electrons. The Bertz CT molecular complexity index is 91.3. The fourth-order valence-corrected chi connectivity index (χ4v) is 1.28. The zero-order valence-corrected chi connectivity index (χ0v) is 6.80. The monoisotopic (exact) mass is 144 g/mol. The molecule has 0 amide bonds. The van der Waals surface area contributed by atoms with Crippen molar-refractivity contribution in [3.63, 3.8) is 0 Å². The van der Waals surface area contributed by atoms with Crippen LogP contribution in [0.15, 0.2) is 0 Å². The van der Waals surface area contributed by atoms with E-state index < -0.39 is 0 Å². The van der Waals surface area contributed by atoms with Crippen molar-refractivity contribution in [3.05, 3.63) is 0 Å². The quantitative estimate of drug-likeness (QED) is 0.589. The van der Waals surface area contributed by atoms with Crippen molar-refractivity contribution in [2.75, 3.05) is 6.61 Å². The van der Waals surface area contributed by atoms with Gasteiger partial charge >= 0.3 is 0 Å². The van der Waals surface area contributed by atoms with E-state index in [1.807, 2.05) is 6.92 Å². The van der Waals surface area contributed by atoms with Gasteiger partial charge in [0.2, 0.25) is 0 Å². The van der Waals surface area contributed by atoms with Crippen LogP contribution in [0.2, 0.25) is 0 Å². The van der Waals surface area contributed by atoms with Gasteiger partial charge in [0.25, 0.3) is 0 Å². The van der Waals surface area contributed by atoms with Crippen molar-refractivity contribution in [2.45, 2.75) is 45.5 Å². The Balaban J connectivity index is 2.18. The maximum Gasteiger partial charge on any atom is 0.157 e. The number of rotatable bonds is 2. The van der Waals surface area contributed by atoms with Crippen LogP contribution < -0.4 is 0 Å². The lowest BCUT2D eigenvalue weighted by atomic mass is 10.1. The average molecular weight is 144 g/mol. The predicted molar refractivity (Wildman–Crippen MR) is 39.8 cm³/mol. The van der Waals surface area contributed by atoms with Gasteiger partial charge in [0.15, 0.2) is 6.29 Å². The van der Waals surface area contributed by atoms with Crippen LogP contribution in [0.1, 0.15) is 33.1 Å². The van der Waals surface area contributed by atoms with E-state index in [4.69, 9.17) is 9.47 Å². The van der Waals surface area contributed by atoms with Gasteiger partial charge in [-0.3, -0.25) is 0 Å². The zero-order chi connectivity index (χ0) is 7.40. The minimum Gasteiger partial charge on any atom is -0.353 e. The third-order valence-corrected chi connectivity index (χ3v) is 1.79. The van der Waals surface area contributed by atoms with Gasteiger partial charge in [-0.05, 0) is 33.1 Å². The Morgan fingerprint density at radius 2 is 2.30 bits per heavy atom. The van der Waals surface area contributed by atoms with Crippen molar-refractivity contribution >= 4 is 0 Å². The maximum atomic E-state index is 5.50. The van der Waals surface area contributed by atoms with Crippen molar-refractivity contribution in [3.8, 4) is 0 Å². The molecule has 60 valence electrons. The number of hydrogen-bond acceptors (Lipinski definition) is 2. The summed E-state index contributed by atoms with van der Waals surface area (Å²) in [6, 6.07) is 0.